The smallest absolute Gasteiger partial charge is 0.138 e. The molecule has 0 aliphatic rings. The summed E-state index contributed by atoms with van der Waals surface area (Å²) in [5, 5.41) is 13.6. The number of benzene rings is 1. The summed E-state index contributed by atoms with van der Waals surface area (Å²) in [7, 11) is 0. The largest absolute Gasteiger partial charge is 0.489 e. The topological polar surface area (TPSA) is 50.7 Å². The van der Waals surface area contributed by atoms with Crippen molar-refractivity contribution in [3.8, 4) is 5.75 Å². The molecule has 0 fully saturated rings. The lowest BCUT2D eigenvalue weighted by Crippen LogP contribution is -2.32. The van der Waals surface area contributed by atoms with E-state index in [0.717, 1.165) is 26.0 Å². The Balaban J connectivity index is 2.01. The third-order valence-electron chi connectivity index (χ3n) is 2.85. The highest BCUT2D eigenvalue weighted by atomic mass is 35.5. The van der Waals surface area contributed by atoms with E-state index in [2.05, 4.69) is 5.32 Å². The Morgan fingerprint density at radius 3 is 2.71 bits per heavy atom. The van der Waals surface area contributed by atoms with E-state index in [9.17, 15) is 5.11 Å². The predicted molar refractivity (Wildman–Crippen MR) is 86.1 cm³/mol. The molecular weight excluding hydrogens is 290 g/mol. The summed E-state index contributed by atoms with van der Waals surface area (Å²) < 4.78 is 10.9. The van der Waals surface area contributed by atoms with Gasteiger partial charge >= 0.3 is 0 Å². The van der Waals surface area contributed by atoms with Gasteiger partial charge in [0.15, 0.2) is 0 Å². The normalized spacial score (nSPS) is 12.6. The quantitative estimate of drug-likeness (QED) is 0.617. The number of aliphatic hydroxyl groups excluding tert-OH is 1. The van der Waals surface area contributed by atoms with Crippen molar-refractivity contribution in [2.45, 2.75) is 38.9 Å². The van der Waals surface area contributed by atoms with Gasteiger partial charge in [-0.2, -0.15) is 0 Å². The molecule has 1 unspecified atom stereocenters. The molecule has 0 aromatic heterocycles. The fraction of sp³-hybridized carbons (Fsp3) is 0.625. The van der Waals surface area contributed by atoms with Crippen LogP contribution in [0.4, 0.5) is 0 Å². The minimum absolute atomic E-state index is 0.229. The van der Waals surface area contributed by atoms with Crippen molar-refractivity contribution >= 4 is 11.6 Å². The number of para-hydroxylation sites is 1. The molecule has 0 heterocycles. The molecule has 1 atom stereocenters. The molecule has 0 radical (unpaired) electrons. The molecule has 120 valence electrons. The third-order valence-corrected chi connectivity index (χ3v) is 3.16. The van der Waals surface area contributed by atoms with Crippen LogP contribution >= 0.6 is 11.6 Å². The summed E-state index contributed by atoms with van der Waals surface area (Å²) in [6.45, 7) is 6.46. The summed E-state index contributed by atoms with van der Waals surface area (Å²) in [6, 6.07) is 7.25. The average Bonchev–Trinajstić information content (AvgIpc) is 2.45. The number of rotatable bonds is 11. The van der Waals surface area contributed by atoms with Crippen LogP contribution in [0, 0.1) is 0 Å². The van der Waals surface area contributed by atoms with E-state index in [4.69, 9.17) is 21.1 Å². The molecule has 0 aliphatic carbocycles. The van der Waals surface area contributed by atoms with Crippen LogP contribution in [0.1, 0.15) is 26.7 Å². The Morgan fingerprint density at radius 1 is 1.24 bits per heavy atom. The zero-order valence-corrected chi connectivity index (χ0v) is 13.6. The molecule has 0 saturated heterocycles. The molecule has 1 aromatic rings. The first-order valence-electron chi connectivity index (χ1n) is 7.47. The average molecular weight is 316 g/mol. The van der Waals surface area contributed by atoms with Crippen molar-refractivity contribution in [2.24, 2.45) is 0 Å². The lowest BCUT2D eigenvalue weighted by Gasteiger charge is -2.14. The Morgan fingerprint density at radius 2 is 2.00 bits per heavy atom. The number of unbranched alkanes of at least 4 members (excludes halogenated alkanes) is 1. The molecular formula is C16H26ClNO3. The Labute approximate surface area is 132 Å². The van der Waals surface area contributed by atoms with Crippen LogP contribution in [0.2, 0.25) is 5.02 Å². The van der Waals surface area contributed by atoms with Crippen molar-refractivity contribution < 1.29 is 14.6 Å². The summed E-state index contributed by atoms with van der Waals surface area (Å²) in [5.74, 6) is 0.601. The number of aliphatic hydroxyl groups is 1. The molecule has 1 rings (SSSR count). The summed E-state index contributed by atoms with van der Waals surface area (Å²) >= 11 is 5.97. The molecule has 0 bridgehead atoms. The van der Waals surface area contributed by atoms with Crippen LogP contribution in [0.25, 0.3) is 0 Å². The van der Waals surface area contributed by atoms with Crippen LogP contribution in [-0.4, -0.2) is 43.6 Å². The van der Waals surface area contributed by atoms with Crippen LogP contribution in [0.3, 0.4) is 0 Å². The molecule has 1 aromatic carbocycles. The number of nitrogens with one attached hydrogen (secondary N) is 1. The van der Waals surface area contributed by atoms with Gasteiger partial charge in [-0.05, 0) is 45.4 Å². The van der Waals surface area contributed by atoms with Gasteiger partial charge in [0, 0.05) is 13.2 Å². The number of halogens is 1. The minimum atomic E-state index is -0.548. The second kappa shape index (κ2) is 10.9. The van der Waals surface area contributed by atoms with E-state index in [1.165, 1.54) is 0 Å². The van der Waals surface area contributed by atoms with Gasteiger partial charge in [-0.1, -0.05) is 23.7 Å². The highest BCUT2D eigenvalue weighted by Crippen LogP contribution is 2.22. The summed E-state index contributed by atoms with van der Waals surface area (Å²) in [6.07, 6.45) is 1.80. The van der Waals surface area contributed by atoms with Gasteiger partial charge in [0.2, 0.25) is 0 Å². The van der Waals surface area contributed by atoms with Crippen molar-refractivity contribution in [3.63, 3.8) is 0 Å². The molecule has 0 spiro atoms. The number of hydrogen-bond donors (Lipinski definition) is 2. The van der Waals surface area contributed by atoms with Gasteiger partial charge in [-0.25, -0.2) is 0 Å². The lowest BCUT2D eigenvalue weighted by atomic mass is 10.3. The zero-order chi connectivity index (χ0) is 15.5. The molecule has 2 N–H and O–H groups in total. The van der Waals surface area contributed by atoms with Gasteiger partial charge in [0.25, 0.3) is 0 Å². The van der Waals surface area contributed by atoms with E-state index < -0.39 is 6.10 Å². The second-order valence-electron chi connectivity index (χ2n) is 5.23. The fourth-order valence-electron chi connectivity index (χ4n) is 1.75. The fourth-order valence-corrected chi connectivity index (χ4v) is 1.94. The first-order valence-corrected chi connectivity index (χ1v) is 7.85. The standard InChI is InChI=1S/C16H26ClNO3/c1-13(2)20-10-6-5-9-18-11-14(19)12-21-16-8-4-3-7-15(16)17/h3-4,7-8,13-14,18-19H,5-6,9-12H2,1-2H3. The van der Waals surface area contributed by atoms with Gasteiger partial charge in [-0.15, -0.1) is 0 Å². The first-order chi connectivity index (χ1) is 10.1. The van der Waals surface area contributed by atoms with Crippen LogP contribution in [0.15, 0.2) is 24.3 Å². The molecule has 4 nitrogen and oxygen atoms in total. The van der Waals surface area contributed by atoms with Gasteiger partial charge in [0.05, 0.1) is 11.1 Å². The SMILES string of the molecule is CC(C)OCCCCNCC(O)COc1ccccc1Cl. The molecule has 0 saturated carbocycles. The van der Waals surface area contributed by atoms with E-state index in [0.29, 0.717) is 23.4 Å². The van der Waals surface area contributed by atoms with Crippen LogP contribution in [0.5, 0.6) is 5.75 Å². The van der Waals surface area contributed by atoms with Gasteiger partial charge in [-0.3, -0.25) is 0 Å². The van der Waals surface area contributed by atoms with Crippen LogP contribution in [-0.2, 0) is 4.74 Å². The monoisotopic (exact) mass is 315 g/mol. The van der Waals surface area contributed by atoms with Crippen molar-refractivity contribution in [1.82, 2.24) is 5.32 Å². The second-order valence-corrected chi connectivity index (χ2v) is 5.63. The van der Waals surface area contributed by atoms with Gasteiger partial charge < -0.3 is 19.9 Å². The van der Waals surface area contributed by atoms with E-state index in [1.807, 2.05) is 26.0 Å². The maximum atomic E-state index is 9.82. The van der Waals surface area contributed by atoms with Crippen molar-refractivity contribution in [3.05, 3.63) is 29.3 Å². The minimum Gasteiger partial charge on any atom is -0.489 e. The number of ether oxygens (including phenoxy) is 2. The third kappa shape index (κ3) is 8.94. The van der Waals surface area contributed by atoms with Gasteiger partial charge in [0.1, 0.15) is 18.5 Å². The molecule has 0 amide bonds. The Bertz CT molecular complexity index is 388. The highest BCUT2D eigenvalue weighted by molar-refractivity contribution is 6.32. The van der Waals surface area contributed by atoms with Crippen molar-refractivity contribution in [1.29, 1.82) is 0 Å². The first kappa shape index (κ1) is 18.2. The lowest BCUT2D eigenvalue weighted by molar-refractivity contribution is 0.0755. The van der Waals surface area contributed by atoms with Crippen LogP contribution < -0.4 is 10.1 Å². The molecule has 0 aliphatic heterocycles. The van der Waals surface area contributed by atoms with Crippen molar-refractivity contribution in [2.75, 3.05) is 26.3 Å². The zero-order valence-electron chi connectivity index (χ0n) is 12.8. The maximum absolute atomic E-state index is 9.82. The van der Waals surface area contributed by atoms with E-state index >= 15 is 0 Å². The maximum Gasteiger partial charge on any atom is 0.138 e. The summed E-state index contributed by atoms with van der Waals surface area (Å²) in [4.78, 5) is 0. The Kier molecular flexibility index (Phi) is 9.42. The molecule has 5 heteroatoms. The predicted octanol–water partition coefficient (Wildman–Crippen LogP) is 2.87. The molecule has 21 heavy (non-hydrogen) atoms. The Hall–Kier alpha value is -0.810. The highest BCUT2D eigenvalue weighted by Gasteiger charge is 2.06. The number of hydrogen-bond acceptors (Lipinski definition) is 4. The summed E-state index contributed by atoms with van der Waals surface area (Å²) in [5.41, 5.74) is 0. The van der Waals surface area contributed by atoms with E-state index in [-0.39, 0.29) is 6.61 Å². The van der Waals surface area contributed by atoms with E-state index in [1.54, 1.807) is 12.1 Å².